The highest BCUT2D eigenvalue weighted by atomic mass is 16.5. The maximum Gasteiger partial charge on any atom is 0.295 e. The van der Waals surface area contributed by atoms with Gasteiger partial charge in [-0.3, -0.25) is 14.6 Å². The average molecular weight is 414 g/mol. The largest absolute Gasteiger partial charge is 0.507 e. The second-order valence-electron chi connectivity index (χ2n) is 7.16. The van der Waals surface area contributed by atoms with Gasteiger partial charge < -0.3 is 14.7 Å². The van der Waals surface area contributed by atoms with Gasteiger partial charge in [0.15, 0.2) is 0 Å². The summed E-state index contributed by atoms with van der Waals surface area (Å²) in [6, 6.07) is 18.9. The maximum absolute atomic E-state index is 13.0. The number of likely N-dealkylation sites (tertiary alicyclic amines) is 1. The predicted molar refractivity (Wildman–Crippen MR) is 116 cm³/mol. The van der Waals surface area contributed by atoms with E-state index in [9.17, 15) is 14.7 Å². The monoisotopic (exact) mass is 414 g/mol. The van der Waals surface area contributed by atoms with Gasteiger partial charge in [-0.15, -0.1) is 0 Å². The molecule has 2 heterocycles. The first-order valence-electron chi connectivity index (χ1n) is 10.1. The Bertz CT molecular complexity index is 1110. The number of rotatable bonds is 6. The van der Waals surface area contributed by atoms with Crippen LogP contribution in [-0.2, 0) is 16.1 Å². The molecule has 0 unspecified atom stereocenters. The van der Waals surface area contributed by atoms with E-state index in [0.717, 1.165) is 5.56 Å². The first-order valence-corrected chi connectivity index (χ1v) is 10.1. The van der Waals surface area contributed by atoms with Crippen molar-refractivity contribution in [3.05, 3.63) is 101 Å². The first-order chi connectivity index (χ1) is 15.1. The number of aliphatic hydroxyl groups is 1. The van der Waals surface area contributed by atoms with Gasteiger partial charge in [0.05, 0.1) is 18.2 Å². The zero-order chi connectivity index (χ0) is 21.8. The van der Waals surface area contributed by atoms with E-state index < -0.39 is 17.7 Å². The minimum Gasteiger partial charge on any atom is -0.507 e. The van der Waals surface area contributed by atoms with Crippen molar-refractivity contribution >= 4 is 17.4 Å². The third-order valence-corrected chi connectivity index (χ3v) is 5.17. The lowest BCUT2D eigenvalue weighted by Gasteiger charge is -2.25. The molecule has 0 radical (unpaired) electrons. The number of aliphatic hydroxyl groups excluding tert-OH is 1. The summed E-state index contributed by atoms with van der Waals surface area (Å²) in [7, 11) is 0. The molecule has 0 spiro atoms. The number of ether oxygens (including phenoxy) is 1. The Kier molecular flexibility index (Phi) is 5.80. The molecule has 2 aromatic carbocycles. The van der Waals surface area contributed by atoms with Crippen molar-refractivity contribution in [1.29, 1.82) is 0 Å². The molecular formula is C25H22N2O4. The Morgan fingerprint density at radius 1 is 1.03 bits per heavy atom. The lowest BCUT2D eigenvalue weighted by Crippen LogP contribution is -2.29. The number of hydrogen-bond donors (Lipinski definition) is 1. The summed E-state index contributed by atoms with van der Waals surface area (Å²) in [5, 5.41) is 11.0. The zero-order valence-corrected chi connectivity index (χ0v) is 17.1. The predicted octanol–water partition coefficient (Wildman–Crippen LogP) is 4.10. The summed E-state index contributed by atoms with van der Waals surface area (Å²) < 4.78 is 5.51. The number of carbonyl (C=O) groups is 2. The van der Waals surface area contributed by atoms with Crippen LogP contribution in [0.25, 0.3) is 5.76 Å². The molecule has 1 amide bonds. The number of aromatic nitrogens is 1. The van der Waals surface area contributed by atoms with E-state index in [0.29, 0.717) is 23.5 Å². The van der Waals surface area contributed by atoms with Gasteiger partial charge in [-0.2, -0.15) is 0 Å². The minimum atomic E-state index is -0.726. The molecule has 1 aromatic heterocycles. The van der Waals surface area contributed by atoms with Crippen molar-refractivity contribution in [2.45, 2.75) is 19.5 Å². The van der Waals surface area contributed by atoms with Crippen molar-refractivity contribution in [3.8, 4) is 5.75 Å². The van der Waals surface area contributed by atoms with Crippen LogP contribution >= 0.6 is 0 Å². The smallest absolute Gasteiger partial charge is 0.295 e. The SMILES string of the molecule is CCOc1ccc([C@H]2/C(=C(\O)c3ccccc3)C(=O)C(=O)N2Cc2cccnc2)cc1. The fraction of sp³-hybridized carbons (Fsp3) is 0.160. The van der Waals surface area contributed by atoms with E-state index in [1.807, 2.05) is 31.2 Å². The number of nitrogens with zero attached hydrogens (tertiary/aromatic N) is 2. The molecule has 0 bridgehead atoms. The van der Waals surface area contributed by atoms with Gasteiger partial charge in [0.25, 0.3) is 11.7 Å². The van der Waals surface area contributed by atoms with E-state index in [1.165, 1.54) is 4.90 Å². The molecule has 6 nitrogen and oxygen atoms in total. The maximum atomic E-state index is 13.0. The van der Waals surface area contributed by atoms with Crippen molar-refractivity contribution < 1.29 is 19.4 Å². The summed E-state index contributed by atoms with van der Waals surface area (Å²) in [5.41, 5.74) is 2.06. The molecule has 4 rings (SSSR count). The van der Waals surface area contributed by atoms with E-state index in [2.05, 4.69) is 4.98 Å². The highest BCUT2D eigenvalue weighted by molar-refractivity contribution is 6.46. The normalized spacial score (nSPS) is 17.7. The number of hydrogen-bond acceptors (Lipinski definition) is 5. The van der Waals surface area contributed by atoms with Gasteiger partial charge in [-0.05, 0) is 36.2 Å². The molecule has 1 fully saturated rings. The van der Waals surface area contributed by atoms with Gasteiger partial charge in [0, 0.05) is 24.5 Å². The first kappa shape index (κ1) is 20.3. The molecule has 31 heavy (non-hydrogen) atoms. The Labute approximate surface area is 180 Å². The summed E-state index contributed by atoms with van der Waals surface area (Å²) in [6.07, 6.45) is 3.31. The topological polar surface area (TPSA) is 79.7 Å². The summed E-state index contributed by atoms with van der Waals surface area (Å²) in [6.45, 7) is 2.63. The number of pyridine rings is 1. The van der Waals surface area contributed by atoms with Crippen molar-refractivity contribution in [1.82, 2.24) is 9.88 Å². The van der Waals surface area contributed by atoms with Gasteiger partial charge in [0.2, 0.25) is 0 Å². The van der Waals surface area contributed by atoms with Gasteiger partial charge in [0.1, 0.15) is 11.5 Å². The molecule has 0 aliphatic carbocycles. The number of ketones is 1. The van der Waals surface area contributed by atoms with Crippen LogP contribution in [0, 0.1) is 0 Å². The lowest BCUT2D eigenvalue weighted by atomic mass is 9.95. The molecule has 3 aromatic rings. The lowest BCUT2D eigenvalue weighted by molar-refractivity contribution is -0.140. The van der Waals surface area contributed by atoms with E-state index in [-0.39, 0.29) is 17.9 Å². The van der Waals surface area contributed by atoms with Crippen LogP contribution in [0.5, 0.6) is 5.75 Å². The second kappa shape index (κ2) is 8.83. The van der Waals surface area contributed by atoms with Crippen LogP contribution in [-0.4, -0.2) is 33.3 Å². The molecule has 1 aliphatic rings. The zero-order valence-electron chi connectivity index (χ0n) is 17.1. The van der Waals surface area contributed by atoms with Crippen LogP contribution in [0.1, 0.15) is 29.7 Å². The van der Waals surface area contributed by atoms with Crippen LogP contribution in [0.15, 0.2) is 84.7 Å². The third-order valence-electron chi connectivity index (χ3n) is 5.17. The summed E-state index contributed by atoms with van der Waals surface area (Å²) in [4.78, 5) is 31.6. The van der Waals surface area contributed by atoms with Gasteiger partial charge in [-0.25, -0.2) is 0 Å². The Hall–Kier alpha value is -3.93. The Morgan fingerprint density at radius 2 is 1.77 bits per heavy atom. The number of Topliss-reactive ketones (excluding diaryl/α,β-unsaturated/α-hetero) is 1. The Balaban J connectivity index is 1.82. The van der Waals surface area contributed by atoms with E-state index in [4.69, 9.17) is 4.74 Å². The molecule has 1 aliphatic heterocycles. The quantitative estimate of drug-likeness (QED) is 0.373. The van der Waals surface area contributed by atoms with Gasteiger partial charge in [-0.1, -0.05) is 48.5 Å². The molecule has 1 atom stereocenters. The fourth-order valence-corrected chi connectivity index (χ4v) is 3.74. The highest BCUT2D eigenvalue weighted by Gasteiger charge is 2.46. The standard InChI is InChI=1S/C25H22N2O4/c1-2-31-20-12-10-18(11-13-20)22-21(23(28)19-8-4-3-5-9-19)24(29)25(30)27(22)16-17-7-6-14-26-15-17/h3-15,22,28H,2,16H2,1H3/b23-21+/t22-/m0/s1. The molecular weight excluding hydrogens is 392 g/mol. The molecule has 156 valence electrons. The number of amides is 1. The highest BCUT2D eigenvalue weighted by Crippen LogP contribution is 2.40. The van der Waals surface area contributed by atoms with E-state index >= 15 is 0 Å². The second-order valence-corrected chi connectivity index (χ2v) is 7.16. The molecule has 1 N–H and O–H groups in total. The van der Waals surface area contributed by atoms with Crippen molar-refractivity contribution in [2.75, 3.05) is 6.61 Å². The van der Waals surface area contributed by atoms with Crippen LogP contribution in [0.2, 0.25) is 0 Å². The van der Waals surface area contributed by atoms with Crippen LogP contribution in [0.3, 0.4) is 0 Å². The summed E-state index contributed by atoms with van der Waals surface area (Å²) >= 11 is 0. The number of benzene rings is 2. The molecule has 6 heteroatoms. The van der Waals surface area contributed by atoms with Crippen LogP contribution in [0.4, 0.5) is 0 Å². The molecule has 0 saturated carbocycles. The van der Waals surface area contributed by atoms with Crippen LogP contribution < -0.4 is 4.74 Å². The third kappa shape index (κ3) is 4.05. The van der Waals surface area contributed by atoms with Crippen molar-refractivity contribution in [3.63, 3.8) is 0 Å². The Morgan fingerprint density at radius 3 is 2.42 bits per heavy atom. The molecule has 1 saturated heterocycles. The fourth-order valence-electron chi connectivity index (χ4n) is 3.74. The average Bonchev–Trinajstić information content (AvgIpc) is 3.05. The van der Waals surface area contributed by atoms with Gasteiger partial charge >= 0.3 is 0 Å². The van der Waals surface area contributed by atoms with E-state index in [1.54, 1.807) is 54.9 Å². The minimum absolute atomic E-state index is 0.0734. The number of carbonyl (C=O) groups excluding carboxylic acids is 2. The van der Waals surface area contributed by atoms with Crippen molar-refractivity contribution in [2.24, 2.45) is 0 Å². The summed E-state index contributed by atoms with van der Waals surface area (Å²) in [5.74, 6) is -0.852.